The number of phenolic OH excluding ortho intramolecular Hbond substituents is 1. The molecule has 5 rings (SSSR count). The average Bonchev–Trinajstić information content (AvgIpc) is 3.08. The maximum Gasteiger partial charge on any atom is 0.343 e. The van der Waals surface area contributed by atoms with Crippen molar-refractivity contribution in [1.29, 1.82) is 0 Å². The fourth-order valence-electron chi connectivity index (χ4n) is 4.15. The minimum Gasteiger partial charge on any atom is -0.506 e. The maximum atomic E-state index is 13.1. The molecule has 0 bridgehead atoms. The van der Waals surface area contributed by atoms with Crippen molar-refractivity contribution in [1.82, 2.24) is 9.55 Å². The molecule has 0 saturated heterocycles. The lowest BCUT2D eigenvalue weighted by molar-refractivity contribution is -0.172. The number of nitrogens with zero attached hydrogens (tertiary/aromatic N) is 2. The Morgan fingerprint density at radius 1 is 1.31 bits per heavy atom. The molecule has 8 nitrogen and oxygen atoms in total. The van der Waals surface area contributed by atoms with Crippen LogP contribution in [-0.2, 0) is 28.3 Å². The number of hydrogen-bond acceptors (Lipinski definition) is 7. The quantitative estimate of drug-likeness (QED) is 0.393. The van der Waals surface area contributed by atoms with Crippen molar-refractivity contribution >= 4 is 23.2 Å². The van der Waals surface area contributed by atoms with E-state index in [1.165, 1.54) is 10.6 Å². The van der Waals surface area contributed by atoms with Gasteiger partial charge in [-0.15, -0.1) is 0 Å². The second-order valence-electron chi connectivity index (χ2n) is 7.29. The highest BCUT2D eigenvalue weighted by Crippen LogP contribution is 2.39. The molecule has 0 radical (unpaired) electrons. The molecule has 4 heterocycles. The first-order valence-electron chi connectivity index (χ1n) is 9.17. The fraction of sp³-hybridized carbons (Fsp3) is 0.238. The van der Waals surface area contributed by atoms with Crippen molar-refractivity contribution in [2.24, 2.45) is 0 Å². The van der Waals surface area contributed by atoms with Gasteiger partial charge in [0.1, 0.15) is 12.4 Å². The van der Waals surface area contributed by atoms with Crippen LogP contribution in [0.25, 0.3) is 22.3 Å². The van der Waals surface area contributed by atoms with E-state index < -0.39 is 11.6 Å². The number of aldehydes is 1. The molecule has 146 valence electrons. The Balaban J connectivity index is 1.79. The van der Waals surface area contributed by atoms with Crippen LogP contribution in [0, 0.1) is 0 Å². The standard InChI is InChI=1S/C21H16N2O6/c1-2-21(28)14-6-16-17-11(7-23(16)19(26)13(14)9-29-20(21)27)5-12-15(22-17)4-3-10(8-24)18(12)25/h3-6,8,25,28H,2,7,9H2,1H3/t21-/m0/s1. The second-order valence-corrected chi connectivity index (χ2v) is 7.29. The van der Waals surface area contributed by atoms with Crippen LogP contribution >= 0.6 is 0 Å². The number of esters is 1. The minimum absolute atomic E-state index is 0.0715. The highest BCUT2D eigenvalue weighted by molar-refractivity contribution is 5.96. The first kappa shape index (κ1) is 17.6. The molecule has 0 saturated carbocycles. The van der Waals surface area contributed by atoms with E-state index in [1.807, 2.05) is 0 Å². The molecule has 29 heavy (non-hydrogen) atoms. The molecule has 0 amide bonds. The summed E-state index contributed by atoms with van der Waals surface area (Å²) >= 11 is 0. The van der Waals surface area contributed by atoms with Crippen LogP contribution in [0.4, 0.5) is 0 Å². The fourth-order valence-corrected chi connectivity index (χ4v) is 4.15. The maximum absolute atomic E-state index is 13.1. The molecule has 8 heteroatoms. The Kier molecular flexibility index (Phi) is 3.48. The molecule has 3 aromatic rings. The van der Waals surface area contributed by atoms with Gasteiger partial charge in [0, 0.05) is 16.5 Å². The van der Waals surface area contributed by atoms with E-state index in [-0.39, 0.29) is 47.6 Å². The Morgan fingerprint density at radius 2 is 2.10 bits per heavy atom. The van der Waals surface area contributed by atoms with Gasteiger partial charge in [0.2, 0.25) is 0 Å². The SMILES string of the molecule is CC[C@@]1(O)C(=O)OCc2c1cc1n(c2=O)Cc2cc3c(O)c(C=O)ccc3nc2-1. The van der Waals surface area contributed by atoms with Crippen LogP contribution in [0.15, 0.2) is 29.1 Å². The summed E-state index contributed by atoms with van der Waals surface area (Å²) in [5.74, 6) is -0.928. The Hall–Kier alpha value is -3.52. The first-order valence-corrected chi connectivity index (χ1v) is 9.17. The number of aromatic nitrogens is 2. The molecular weight excluding hydrogens is 376 g/mol. The summed E-state index contributed by atoms with van der Waals surface area (Å²) in [4.78, 5) is 41.0. The van der Waals surface area contributed by atoms with Crippen LogP contribution < -0.4 is 5.56 Å². The number of aliphatic hydroxyl groups is 1. The first-order chi connectivity index (χ1) is 13.9. The summed E-state index contributed by atoms with van der Waals surface area (Å²) in [6.07, 6.45) is 0.639. The topological polar surface area (TPSA) is 119 Å². The van der Waals surface area contributed by atoms with E-state index in [0.29, 0.717) is 34.1 Å². The van der Waals surface area contributed by atoms with Gasteiger partial charge < -0.3 is 19.5 Å². The molecule has 2 aliphatic heterocycles. The lowest BCUT2D eigenvalue weighted by Gasteiger charge is -2.31. The van der Waals surface area contributed by atoms with E-state index in [9.17, 15) is 24.6 Å². The van der Waals surface area contributed by atoms with Gasteiger partial charge in [-0.1, -0.05) is 6.92 Å². The van der Waals surface area contributed by atoms with Crippen LogP contribution in [0.2, 0.25) is 0 Å². The molecular formula is C21H16N2O6. The number of aromatic hydroxyl groups is 1. The summed E-state index contributed by atoms with van der Waals surface area (Å²) < 4.78 is 6.56. The average molecular weight is 392 g/mol. The Bertz CT molecular complexity index is 1310. The molecule has 1 atom stereocenters. The summed E-state index contributed by atoms with van der Waals surface area (Å²) in [6, 6.07) is 6.44. The van der Waals surface area contributed by atoms with Crippen LogP contribution in [-0.4, -0.2) is 32.0 Å². The van der Waals surface area contributed by atoms with Crippen molar-refractivity contribution in [3.05, 3.63) is 56.9 Å². The normalized spacial score (nSPS) is 19.4. The zero-order chi connectivity index (χ0) is 20.5. The molecule has 0 fully saturated rings. The predicted octanol–water partition coefficient (Wildman–Crippen LogP) is 1.60. The van der Waals surface area contributed by atoms with Crippen LogP contribution in [0.3, 0.4) is 0 Å². The third-order valence-corrected chi connectivity index (χ3v) is 5.82. The van der Waals surface area contributed by atoms with Gasteiger partial charge >= 0.3 is 5.97 Å². The van der Waals surface area contributed by atoms with Crippen molar-refractivity contribution in [2.45, 2.75) is 32.1 Å². The summed E-state index contributed by atoms with van der Waals surface area (Å²) in [5, 5.41) is 21.6. The lowest BCUT2D eigenvalue weighted by atomic mass is 9.86. The van der Waals surface area contributed by atoms with Crippen LogP contribution in [0.1, 0.15) is 40.4 Å². The largest absolute Gasteiger partial charge is 0.506 e. The molecule has 1 aromatic carbocycles. The summed E-state index contributed by atoms with van der Waals surface area (Å²) in [6.45, 7) is 1.68. The van der Waals surface area contributed by atoms with Gasteiger partial charge in [-0.25, -0.2) is 9.78 Å². The Morgan fingerprint density at radius 3 is 2.83 bits per heavy atom. The molecule has 0 unspecified atom stereocenters. The second kappa shape index (κ2) is 5.74. The number of benzene rings is 1. The highest BCUT2D eigenvalue weighted by Gasteiger charge is 2.45. The van der Waals surface area contributed by atoms with Gasteiger partial charge in [0.05, 0.1) is 34.6 Å². The number of carbonyl (C=O) groups excluding carboxylic acids is 2. The number of hydrogen-bond donors (Lipinski definition) is 2. The number of phenols is 1. The lowest BCUT2D eigenvalue weighted by Crippen LogP contribution is -2.44. The van der Waals surface area contributed by atoms with Crippen molar-refractivity contribution in [3.8, 4) is 17.1 Å². The van der Waals surface area contributed by atoms with Crippen LogP contribution in [0.5, 0.6) is 5.75 Å². The summed E-state index contributed by atoms with van der Waals surface area (Å²) in [5.41, 5.74) is 0.627. The molecule has 2 aromatic heterocycles. The molecule has 0 aliphatic carbocycles. The van der Waals surface area contributed by atoms with Gasteiger partial charge in [0.15, 0.2) is 11.9 Å². The number of cyclic esters (lactones) is 1. The molecule has 2 aliphatic rings. The van der Waals surface area contributed by atoms with Crippen molar-refractivity contribution in [3.63, 3.8) is 0 Å². The zero-order valence-corrected chi connectivity index (χ0v) is 15.4. The minimum atomic E-state index is -1.88. The van der Waals surface area contributed by atoms with E-state index in [2.05, 4.69) is 4.98 Å². The van der Waals surface area contributed by atoms with Gasteiger partial charge in [0.25, 0.3) is 5.56 Å². The van der Waals surface area contributed by atoms with Gasteiger partial charge in [-0.3, -0.25) is 9.59 Å². The molecule has 0 spiro atoms. The number of carbonyl (C=O) groups is 2. The van der Waals surface area contributed by atoms with E-state index in [0.717, 1.165) is 0 Å². The third-order valence-electron chi connectivity index (χ3n) is 5.82. The van der Waals surface area contributed by atoms with E-state index >= 15 is 0 Å². The number of pyridine rings is 2. The van der Waals surface area contributed by atoms with E-state index in [1.54, 1.807) is 25.1 Å². The van der Waals surface area contributed by atoms with Crippen molar-refractivity contribution in [2.75, 3.05) is 0 Å². The third kappa shape index (κ3) is 2.17. The number of fused-ring (bicyclic) bond motifs is 5. The van der Waals surface area contributed by atoms with Crippen molar-refractivity contribution < 1.29 is 24.5 Å². The monoisotopic (exact) mass is 392 g/mol. The smallest absolute Gasteiger partial charge is 0.343 e. The summed E-state index contributed by atoms with van der Waals surface area (Å²) in [7, 11) is 0. The number of ether oxygens (including phenoxy) is 1. The van der Waals surface area contributed by atoms with Gasteiger partial charge in [-0.2, -0.15) is 0 Å². The number of rotatable bonds is 2. The molecule has 2 N–H and O–H groups in total. The highest BCUT2D eigenvalue weighted by atomic mass is 16.6. The zero-order valence-electron chi connectivity index (χ0n) is 15.4. The van der Waals surface area contributed by atoms with E-state index in [4.69, 9.17) is 4.74 Å². The Labute approximate surface area is 164 Å². The van der Waals surface area contributed by atoms with Gasteiger partial charge in [-0.05, 0) is 30.7 Å². The predicted molar refractivity (Wildman–Crippen MR) is 102 cm³/mol.